The van der Waals surface area contributed by atoms with Crippen LogP contribution in [0.15, 0.2) is 18.2 Å². The van der Waals surface area contributed by atoms with Crippen LogP contribution in [0.5, 0.6) is 5.75 Å². The third-order valence-electron chi connectivity index (χ3n) is 2.16. The molecule has 0 aliphatic heterocycles. The highest BCUT2D eigenvalue weighted by Gasteiger charge is 1.99. The molecule has 3 heteroatoms. The number of rotatable bonds is 4. The van der Waals surface area contributed by atoms with Gasteiger partial charge >= 0.3 is 0 Å². The molecule has 0 heterocycles. The monoisotopic (exact) mass is 214 g/mol. The summed E-state index contributed by atoms with van der Waals surface area (Å²) in [4.78, 5) is 0. The maximum absolute atomic E-state index is 5.60. The summed E-state index contributed by atoms with van der Waals surface area (Å²) in [5, 5.41) is 3.05. The van der Waals surface area contributed by atoms with Crippen molar-refractivity contribution in [2.24, 2.45) is 0 Å². The predicted molar refractivity (Wildman–Crippen MR) is 55.3 cm³/mol. The Morgan fingerprint density at radius 2 is 2.00 bits per heavy atom. The first kappa shape index (κ1) is 13.3. The Kier molecular flexibility index (Phi) is 6.34. The first-order valence-electron chi connectivity index (χ1n) is 4.59. The van der Waals surface area contributed by atoms with Gasteiger partial charge in [0.1, 0.15) is 12.4 Å². The minimum Gasteiger partial charge on any atom is -1.00 e. The first-order valence-corrected chi connectivity index (χ1v) is 4.59. The molecule has 0 saturated carbocycles. The van der Waals surface area contributed by atoms with Crippen LogP contribution in [0.4, 0.5) is 0 Å². The van der Waals surface area contributed by atoms with E-state index in [0.29, 0.717) is 0 Å². The number of hydrogen-bond donors (Lipinski definition) is 1. The van der Waals surface area contributed by atoms with E-state index in [0.717, 1.165) is 18.9 Å². The molecule has 1 N–H and O–H groups in total. The van der Waals surface area contributed by atoms with E-state index in [-0.39, 0.29) is 12.4 Å². The van der Waals surface area contributed by atoms with Gasteiger partial charge in [-0.1, -0.05) is 12.1 Å². The summed E-state index contributed by atoms with van der Waals surface area (Å²) < 4.78 is 5.60. The maximum Gasteiger partial charge on any atom is 0.122 e. The number of ether oxygens (including phenoxy) is 1. The third kappa shape index (κ3) is 3.56. The largest absolute Gasteiger partial charge is 1.00 e. The van der Waals surface area contributed by atoms with Crippen molar-refractivity contribution in [3.8, 4) is 5.75 Å². The Labute approximate surface area is 92.1 Å². The highest BCUT2D eigenvalue weighted by atomic mass is 35.5. The Morgan fingerprint density at radius 3 is 2.64 bits per heavy atom. The summed E-state index contributed by atoms with van der Waals surface area (Å²) in [6.45, 7) is 5.79. The molecule has 0 fully saturated rings. The molecule has 0 aliphatic carbocycles. The van der Waals surface area contributed by atoms with Gasteiger partial charge in [0.15, 0.2) is 0 Å². The smallest absolute Gasteiger partial charge is 0.122 e. The van der Waals surface area contributed by atoms with Crippen LogP contribution >= 0.6 is 0 Å². The Hall–Kier alpha value is -0.730. The van der Waals surface area contributed by atoms with Gasteiger partial charge in [-0.3, -0.25) is 0 Å². The van der Waals surface area contributed by atoms with Gasteiger partial charge in [0.2, 0.25) is 0 Å². The van der Waals surface area contributed by atoms with Crippen molar-refractivity contribution in [2.75, 3.05) is 20.2 Å². The van der Waals surface area contributed by atoms with Crippen LogP contribution < -0.4 is 22.5 Å². The van der Waals surface area contributed by atoms with Crippen LogP contribution in [0, 0.1) is 13.8 Å². The van der Waals surface area contributed by atoms with E-state index in [9.17, 15) is 0 Å². The quantitative estimate of drug-likeness (QED) is 0.643. The third-order valence-corrected chi connectivity index (χ3v) is 2.16. The zero-order valence-corrected chi connectivity index (χ0v) is 9.69. The van der Waals surface area contributed by atoms with Crippen LogP contribution in [0.1, 0.15) is 11.1 Å². The van der Waals surface area contributed by atoms with Crippen LogP contribution in [0.25, 0.3) is 0 Å². The van der Waals surface area contributed by atoms with E-state index in [1.807, 2.05) is 19.2 Å². The summed E-state index contributed by atoms with van der Waals surface area (Å²) in [6.07, 6.45) is 0. The molecule has 0 unspecified atom stereocenters. The van der Waals surface area contributed by atoms with Gasteiger partial charge in [0.05, 0.1) is 0 Å². The molecule has 0 aliphatic rings. The van der Waals surface area contributed by atoms with Crippen molar-refractivity contribution in [1.29, 1.82) is 0 Å². The summed E-state index contributed by atoms with van der Waals surface area (Å²) in [5.41, 5.74) is 2.51. The zero-order valence-electron chi connectivity index (χ0n) is 8.93. The minimum atomic E-state index is 0. The topological polar surface area (TPSA) is 21.3 Å². The Morgan fingerprint density at radius 1 is 1.29 bits per heavy atom. The second-order valence-corrected chi connectivity index (χ2v) is 3.15. The van der Waals surface area contributed by atoms with E-state index in [1.165, 1.54) is 11.1 Å². The van der Waals surface area contributed by atoms with Crippen molar-refractivity contribution >= 4 is 0 Å². The summed E-state index contributed by atoms with van der Waals surface area (Å²) >= 11 is 0. The molecule has 1 rings (SSSR count). The number of hydrogen-bond acceptors (Lipinski definition) is 2. The van der Waals surface area contributed by atoms with Gasteiger partial charge in [-0.05, 0) is 38.1 Å². The van der Waals surface area contributed by atoms with Crippen molar-refractivity contribution < 1.29 is 17.1 Å². The fourth-order valence-corrected chi connectivity index (χ4v) is 1.14. The van der Waals surface area contributed by atoms with Gasteiger partial charge in [0.25, 0.3) is 0 Å². The van der Waals surface area contributed by atoms with Crippen LogP contribution in [0.3, 0.4) is 0 Å². The molecule has 0 radical (unpaired) electrons. The molecular weight excluding hydrogens is 198 g/mol. The molecule has 1 aromatic carbocycles. The van der Waals surface area contributed by atoms with Crippen molar-refractivity contribution in [3.63, 3.8) is 0 Å². The van der Waals surface area contributed by atoms with Crippen molar-refractivity contribution in [3.05, 3.63) is 29.3 Å². The lowest BCUT2D eigenvalue weighted by Crippen LogP contribution is -3.00. The fourth-order valence-electron chi connectivity index (χ4n) is 1.14. The molecule has 2 nitrogen and oxygen atoms in total. The van der Waals surface area contributed by atoms with Crippen LogP contribution in [0.2, 0.25) is 0 Å². The molecule has 14 heavy (non-hydrogen) atoms. The number of aryl methyl sites for hydroxylation is 1. The van der Waals surface area contributed by atoms with Crippen LogP contribution in [-0.4, -0.2) is 20.2 Å². The zero-order chi connectivity index (χ0) is 9.68. The number of nitrogens with one attached hydrogen (secondary N) is 1. The summed E-state index contributed by atoms with van der Waals surface area (Å²) in [6, 6.07) is 6.13. The molecule has 1 aromatic rings. The van der Waals surface area contributed by atoms with Gasteiger partial charge < -0.3 is 22.5 Å². The van der Waals surface area contributed by atoms with Gasteiger partial charge in [-0.2, -0.15) is 0 Å². The average molecular weight is 215 g/mol. The normalized spacial score (nSPS) is 9.36. The molecule has 0 aromatic heterocycles. The fraction of sp³-hybridized carbons (Fsp3) is 0.455. The maximum atomic E-state index is 5.60. The lowest BCUT2D eigenvalue weighted by atomic mass is 10.1. The molecule has 0 bridgehead atoms. The summed E-state index contributed by atoms with van der Waals surface area (Å²) in [5.74, 6) is 0.996. The summed E-state index contributed by atoms with van der Waals surface area (Å²) in [7, 11) is 1.92. The predicted octanol–water partition coefficient (Wildman–Crippen LogP) is -1.09. The lowest BCUT2D eigenvalue weighted by Gasteiger charge is -2.10. The second kappa shape index (κ2) is 6.68. The van der Waals surface area contributed by atoms with Gasteiger partial charge in [-0.25, -0.2) is 0 Å². The second-order valence-electron chi connectivity index (χ2n) is 3.15. The van der Waals surface area contributed by atoms with E-state index in [1.54, 1.807) is 0 Å². The Balaban J connectivity index is 0.00000169. The van der Waals surface area contributed by atoms with Crippen LogP contribution in [-0.2, 0) is 0 Å². The molecule has 0 spiro atoms. The lowest BCUT2D eigenvalue weighted by molar-refractivity contribution is -0.00000330. The molecule has 0 saturated heterocycles. The molecule has 80 valence electrons. The molecule has 0 amide bonds. The highest BCUT2D eigenvalue weighted by molar-refractivity contribution is 5.38. The minimum absolute atomic E-state index is 0. The van der Waals surface area contributed by atoms with E-state index in [2.05, 4.69) is 25.2 Å². The van der Waals surface area contributed by atoms with E-state index >= 15 is 0 Å². The number of likely N-dealkylation sites (N-methyl/N-ethyl adjacent to an activating group) is 1. The van der Waals surface area contributed by atoms with Gasteiger partial charge in [0, 0.05) is 6.54 Å². The highest BCUT2D eigenvalue weighted by Crippen LogP contribution is 2.19. The van der Waals surface area contributed by atoms with Crippen molar-refractivity contribution in [2.45, 2.75) is 13.8 Å². The average Bonchev–Trinajstić information content (AvgIpc) is 2.13. The van der Waals surface area contributed by atoms with Gasteiger partial charge in [-0.15, -0.1) is 0 Å². The SMILES string of the molecule is CNCCOc1cccc(C)c1C.[Cl-]. The first-order chi connectivity index (χ1) is 6.25. The standard InChI is InChI=1S/C11H17NO.ClH/c1-9-5-4-6-11(10(9)2)13-8-7-12-3;/h4-6,12H,7-8H2,1-3H3;1H/p-1. The van der Waals surface area contributed by atoms with E-state index in [4.69, 9.17) is 4.74 Å². The molecule has 0 atom stereocenters. The number of halogens is 1. The van der Waals surface area contributed by atoms with Crippen molar-refractivity contribution in [1.82, 2.24) is 5.32 Å². The molecular formula is C11H17ClNO-. The number of benzene rings is 1. The Bertz CT molecular complexity index is 276. The van der Waals surface area contributed by atoms with E-state index < -0.39 is 0 Å².